The van der Waals surface area contributed by atoms with Crippen molar-refractivity contribution < 1.29 is 5.11 Å². The first-order valence-corrected chi connectivity index (χ1v) is 7.69. The van der Waals surface area contributed by atoms with Crippen LogP contribution in [0.1, 0.15) is 31.2 Å². The van der Waals surface area contributed by atoms with Gasteiger partial charge in [-0.2, -0.15) is 0 Å². The summed E-state index contributed by atoms with van der Waals surface area (Å²) in [7, 11) is 4.34. The second-order valence-corrected chi connectivity index (χ2v) is 6.53. The number of likely N-dealkylation sites (N-methyl/N-ethyl adjacent to an activating group) is 1. The van der Waals surface area contributed by atoms with Crippen LogP contribution < -0.4 is 5.32 Å². The molecule has 0 aliphatic heterocycles. The molecule has 2 N–H and O–H groups in total. The van der Waals surface area contributed by atoms with E-state index in [0.29, 0.717) is 17.8 Å². The molecule has 0 spiro atoms. The highest BCUT2D eigenvalue weighted by molar-refractivity contribution is 9.10. The van der Waals surface area contributed by atoms with Crippen molar-refractivity contribution in [3.63, 3.8) is 0 Å². The minimum Gasteiger partial charge on any atom is -0.506 e. The highest BCUT2D eigenvalue weighted by atomic mass is 79.9. The van der Waals surface area contributed by atoms with Gasteiger partial charge in [0.25, 0.3) is 0 Å². The maximum Gasteiger partial charge on any atom is 0.134 e. The quantitative estimate of drug-likeness (QED) is 0.872. The Morgan fingerprint density at radius 1 is 1.32 bits per heavy atom. The Kier molecular flexibility index (Phi) is 4.87. The van der Waals surface area contributed by atoms with Crippen LogP contribution in [0.15, 0.2) is 22.7 Å². The Labute approximate surface area is 124 Å². The normalized spacial score (nSPS) is 18.1. The third-order valence-corrected chi connectivity index (χ3v) is 4.96. The van der Waals surface area contributed by atoms with Crippen LogP contribution in [-0.4, -0.2) is 36.2 Å². The number of nitrogens with zero attached hydrogens (tertiary/aromatic N) is 1. The lowest BCUT2D eigenvalue weighted by atomic mass is 9.96. The summed E-state index contributed by atoms with van der Waals surface area (Å²) in [5.41, 5.74) is 1.24. The van der Waals surface area contributed by atoms with Gasteiger partial charge in [-0.1, -0.05) is 25.0 Å². The Morgan fingerprint density at radius 2 is 2.00 bits per heavy atom. The zero-order chi connectivity index (χ0) is 13.9. The Morgan fingerprint density at radius 3 is 2.63 bits per heavy atom. The number of halogens is 1. The number of benzene rings is 1. The molecule has 0 amide bonds. The van der Waals surface area contributed by atoms with Gasteiger partial charge < -0.3 is 15.3 Å². The predicted molar refractivity (Wildman–Crippen MR) is 82.4 cm³/mol. The molecular formula is C15H23BrN2O. The number of hydrogen-bond donors (Lipinski definition) is 2. The number of nitrogens with one attached hydrogen (secondary N) is 1. The van der Waals surface area contributed by atoms with E-state index in [1.165, 1.54) is 25.7 Å². The fourth-order valence-corrected chi connectivity index (χ4v) is 3.35. The van der Waals surface area contributed by atoms with Crippen molar-refractivity contribution in [1.29, 1.82) is 0 Å². The fourth-order valence-electron chi connectivity index (χ4n) is 2.95. The first-order chi connectivity index (χ1) is 9.05. The molecule has 1 aliphatic carbocycles. The van der Waals surface area contributed by atoms with E-state index in [-0.39, 0.29) is 0 Å². The van der Waals surface area contributed by atoms with Crippen LogP contribution in [-0.2, 0) is 6.54 Å². The first-order valence-electron chi connectivity index (χ1n) is 6.90. The van der Waals surface area contributed by atoms with E-state index in [1.807, 2.05) is 18.2 Å². The summed E-state index contributed by atoms with van der Waals surface area (Å²) in [4.78, 5) is 2.35. The number of phenols is 1. The van der Waals surface area contributed by atoms with E-state index >= 15 is 0 Å². The van der Waals surface area contributed by atoms with Crippen molar-refractivity contribution in [3.05, 3.63) is 28.2 Å². The molecule has 1 fully saturated rings. The highest BCUT2D eigenvalue weighted by Crippen LogP contribution is 2.33. The molecule has 4 heteroatoms. The van der Waals surface area contributed by atoms with Gasteiger partial charge in [-0.25, -0.2) is 0 Å². The van der Waals surface area contributed by atoms with Crippen LogP contribution >= 0.6 is 15.9 Å². The summed E-state index contributed by atoms with van der Waals surface area (Å²) in [6.45, 7) is 1.69. The van der Waals surface area contributed by atoms with Crippen LogP contribution in [0, 0.1) is 0 Å². The maximum atomic E-state index is 9.97. The van der Waals surface area contributed by atoms with Gasteiger partial charge in [-0.3, -0.25) is 0 Å². The minimum atomic E-state index is 0.293. The number of phenolic OH excluding ortho intramolecular Hbond substituents is 1. The predicted octanol–water partition coefficient (Wildman–Crippen LogP) is 3.12. The zero-order valence-electron chi connectivity index (χ0n) is 11.7. The number of para-hydroxylation sites is 1. The Hall–Kier alpha value is -0.580. The summed E-state index contributed by atoms with van der Waals surface area (Å²) >= 11 is 3.35. The lowest BCUT2D eigenvalue weighted by Crippen LogP contribution is -2.49. The second-order valence-electron chi connectivity index (χ2n) is 5.68. The minimum absolute atomic E-state index is 0.293. The van der Waals surface area contributed by atoms with Crippen molar-refractivity contribution in [2.45, 2.75) is 37.8 Å². The molecule has 1 saturated carbocycles. The van der Waals surface area contributed by atoms with E-state index in [2.05, 4.69) is 40.2 Å². The van der Waals surface area contributed by atoms with E-state index in [4.69, 9.17) is 0 Å². The Balaban J connectivity index is 1.94. The van der Waals surface area contributed by atoms with Gasteiger partial charge in [0.1, 0.15) is 5.75 Å². The summed E-state index contributed by atoms with van der Waals surface area (Å²) < 4.78 is 0.759. The van der Waals surface area contributed by atoms with Gasteiger partial charge in [-0.15, -0.1) is 0 Å². The SMILES string of the molecule is CN(C)C1(CNCc2cccc(Br)c2O)CCCC1. The molecule has 0 heterocycles. The van der Waals surface area contributed by atoms with E-state index in [0.717, 1.165) is 16.6 Å². The summed E-state index contributed by atoms with van der Waals surface area (Å²) in [6.07, 6.45) is 5.17. The van der Waals surface area contributed by atoms with Gasteiger partial charge in [0.05, 0.1) is 4.47 Å². The molecular weight excluding hydrogens is 304 g/mol. The molecule has 1 aliphatic rings. The molecule has 3 nitrogen and oxygen atoms in total. The maximum absolute atomic E-state index is 9.97. The van der Waals surface area contributed by atoms with Gasteiger partial charge >= 0.3 is 0 Å². The third-order valence-electron chi connectivity index (χ3n) is 4.32. The molecule has 0 aromatic heterocycles. The average molecular weight is 327 g/mol. The van der Waals surface area contributed by atoms with Crippen molar-refractivity contribution in [1.82, 2.24) is 10.2 Å². The molecule has 106 valence electrons. The van der Waals surface area contributed by atoms with E-state index in [1.54, 1.807) is 0 Å². The third kappa shape index (κ3) is 3.30. The van der Waals surface area contributed by atoms with Crippen LogP contribution in [0.4, 0.5) is 0 Å². The molecule has 2 rings (SSSR count). The molecule has 0 bridgehead atoms. The number of hydrogen-bond acceptors (Lipinski definition) is 3. The molecule has 0 radical (unpaired) electrons. The highest BCUT2D eigenvalue weighted by Gasteiger charge is 2.35. The molecule has 19 heavy (non-hydrogen) atoms. The monoisotopic (exact) mass is 326 g/mol. The molecule has 1 aromatic carbocycles. The standard InChI is InChI=1S/C15H23BrN2O/c1-18(2)15(8-3-4-9-15)11-17-10-12-6-5-7-13(16)14(12)19/h5-7,17,19H,3-4,8-11H2,1-2H3. The second kappa shape index (κ2) is 6.25. The van der Waals surface area contributed by atoms with Crippen molar-refractivity contribution in [2.24, 2.45) is 0 Å². The van der Waals surface area contributed by atoms with Crippen molar-refractivity contribution in [3.8, 4) is 5.75 Å². The van der Waals surface area contributed by atoms with Gasteiger partial charge in [0.2, 0.25) is 0 Å². The zero-order valence-corrected chi connectivity index (χ0v) is 13.3. The average Bonchev–Trinajstić information content (AvgIpc) is 2.85. The van der Waals surface area contributed by atoms with Gasteiger partial charge in [-0.05, 0) is 48.9 Å². The van der Waals surface area contributed by atoms with Crippen molar-refractivity contribution >= 4 is 15.9 Å². The number of rotatable bonds is 5. The summed E-state index contributed by atoms with van der Waals surface area (Å²) in [6, 6.07) is 5.78. The van der Waals surface area contributed by atoms with Crippen molar-refractivity contribution in [2.75, 3.05) is 20.6 Å². The lowest BCUT2D eigenvalue weighted by molar-refractivity contribution is 0.153. The van der Waals surface area contributed by atoms with E-state index < -0.39 is 0 Å². The molecule has 0 saturated heterocycles. The van der Waals surface area contributed by atoms with E-state index in [9.17, 15) is 5.11 Å². The summed E-state index contributed by atoms with van der Waals surface area (Å²) in [5, 5.41) is 13.5. The number of aromatic hydroxyl groups is 1. The van der Waals surface area contributed by atoms with Crippen LogP contribution in [0.2, 0.25) is 0 Å². The first kappa shape index (κ1) is 14.8. The molecule has 0 unspecified atom stereocenters. The van der Waals surface area contributed by atoms with Crippen LogP contribution in [0.5, 0.6) is 5.75 Å². The molecule has 0 atom stereocenters. The molecule has 1 aromatic rings. The topological polar surface area (TPSA) is 35.5 Å². The lowest BCUT2D eigenvalue weighted by Gasteiger charge is -2.36. The summed E-state index contributed by atoms with van der Waals surface area (Å²) in [5.74, 6) is 0.348. The van der Waals surface area contributed by atoms with Gasteiger partial charge in [0.15, 0.2) is 0 Å². The van der Waals surface area contributed by atoms with Crippen LogP contribution in [0.3, 0.4) is 0 Å². The largest absolute Gasteiger partial charge is 0.506 e. The Bertz CT molecular complexity index is 428. The fraction of sp³-hybridized carbons (Fsp3) is 0.600. The van der Waals surface area contributed by atoms with Crippen LogP contribution in [0.25, 0.3) is 0 Å². The van der Waals surface area contributed by atoms with Gasteiger partial charge in [0, 0.05) is 24.2 Å². The smallest absolute Gasteiger partial charge is 0.134 e.